The molecule has 3 rings (SSSR count). The molecule has 1 aliphatic carbocycles. The fraction of sp³-hybridized carbons (Fsp3) is 0.429. The summed E-state index contributed by atoms with van der Waals surface area (Å²) in [5, 5.41) is 5.78. The number of amides is 2. The molecule has 1 saturated carbocycles. The van der Waals surface area contributed by atoms with Crippen LogP contribution in [-0.2, 0) is 4.79 Å². The predicted molar refractivity (Wildman–Crippen MR) is 106 cm³/mol. The highest BCUT2D eigenvalue weighted by Gasteiger charge is 2.32. The molecule has 0 atom stereocenters. The molecular formula is C21H27N3O3. The standard InChI is InChI=1S/C21H27N3O3/c1-15-12-16(7-8-17(15)24-20(26)18-6-5-11-27-18)23-19(25)13-21(14-22)9-3-2-4-10-21/h5-8,11-12H,2-4,9-10,13-14,22H2,1H3,(H,23,25)(H,24,26). The number of carbonyl (C=O) groups is 2. The Kier molecular flexibility index (Phi) is 5.96. The minimum Gasteiger partial charge on any atom is -0.459 e. The highest BCUT2D eigenvalue weighted by Crippen LogP contribution is 2.38. The molecule has 1 aromatic carbocycles. The van der Waals surface area contributed by atoms with Gasteiger partial charge < -0.3 is 20.8 Å². The zero-order valence-corrected chi connectivity index (χ0v) is 15.7. The van der Waals surface area contributed by atoms with E-state index >= 15 is 0 Å². The first-order valence-electron chi connectivity index (χ1n) is 9.47. The first kappa shape index (κ1) is 19.2. The lowest BCUT2D eigenvalue weighted by Gasteiger charge is -2.35. The second-order valence-corrected chi connectivity index (χ2v) is 7.45. The summed E-state index contributed by atoms with van der Waals surface area (Å²) in [6, 6.07) is 8.70. The van der Waals surface area contributed by atoms with Crippen molar-refractivity contribution < 1.29 is 14.0 Å². The Bertz CT molecular complexity index is 793. The van der Waals surface area contributed by atoms with Crippen LogP contribution in [0.1, 0.15) is 54.6 Å². The van der Waals surface area contributed by atoms with E-state index in [-0.39, 0.29) is 23.0 Å². The first-order valence-corrected chi connectivity index (χ1v) is 9.47. The molecule has 1 heterocycles. The van der Waals surface area contributed by atoms with Crippen LogP contribution in [0.2, 0.25) is 0 Å². The molecule has 6 nitrogen and oxygen atoms in total. The Morgan fingerprint density at radius 2 is 1.93 bits per heavy atom. The maximum Gasteiger partial charge on any atom is 0.291 e. The fourth-order valence-corrected chi connectivity index (χ4v) is 3.77. The normalized spacial score (nSPS) is 15.9. The van der Waals surface area contributed by atoms with E-state index in [1.54, 1.807) is 24.3 Å². The van der Waals surface area contributed by atoms with Crippen LogP contribution in [0.25, 0.3) is 0 Å². The Morgan fingerprint density at radius 3 is 2.56 bits per heavy atom. The van der Waals surface area contributed by atoms with E-state index in [0.717, 1.165) is 36.9 Å². The number of carbonyl (C=O) groups excluding carboxylic acids is 2. The number of benzene rings is 1. The molecule has 0 radical (unpaired) electrons. The quantitative estimate of drug-likeness (QED) is 0.715. The van der Waals surface area contributed by atoms with Crippen molar-refractivity contribution in [3.05, 3.63) is 47.9 Å². The molecule has 0 spiro atoms. The predicted octanol–water partition coefficient (Wildman–Crippen LogP) is 4.08. The molecule has 1 fully saturated rings. The molecule has 1 aliphatic rings. The van der Waals surface area contributed by atoms with Crippen LogP contribution in [0.5, 0.6) is 0 Å². The van der Waals surface area contributed by atoms with Crippen LogP contribution >= 0.6 is 0 Å². The fourth-order valence-electron chi connectivity index (χ4n) is 3.77. The van der Waals surface area contributed by atoms with Gasteiger partial charge in [-0.15, -0.1) is 0 Å². The summed E-state index contributed by atoms with van der Waals surface area (Å²) in [6.07, 6.45) is 7.48. The topological polar surface area (TPSA) is 97.4 Å². The highest BCUT2D eigenvalue weighted by atomic mass is 16.3. The molecule has 0 saturated heterocycles. The molecule has 2 aromatic rings. The van der Waals surface area contributed by atoms with E-state index < -0.39 is 0 Å². The van der Waals surface area contributed by atoms with Crippen molar-refractivity contribution in [1.29, 1.82) is 0 Å². The van der Waals surface area contributed by atoms with Crippen LogP contribution in [0.4, 0.5) is 11.4 Å². The zero-order valence-electron chi connectivity index (χ0n) is 15.7. The zero-order chi connectivity index (χ0) is 19.3. The van der Waals surface area contributed by atoms with Crippen molar-refractivity contribution in [2.75, 3.05) is 17.2 Å². The SMILES string of the molecule is Cc1cc(NC(=O)CC2(CN)CCCCC2)ccc1NC(=O)c1ccco1. The number of nitrogens with two attached hydrogens (primary N) is 1. The Balaban J connectivity index is 1.61. The average Bonchev–Trinajstić information content (AvgIpc) is 3.19. The summed E-state index contributed by atoms with van der Waals surface area (Å²) in [6.45, 7) is 2.44. The molecule has 27 heavy (non-hydrogen) atoms. The van der Waals surface area contributed by atoms with Gasteiger partial charge in [-0.1, -0.05) is 19.3 Å². The molecule has 0 unspecified atom stereocenters. The van der Waals surface area contributed by atoms with E-state index in [2.05, 4.69) is 10.6 Å². The van der Waals surface area contributed by atoms with Gasteiger partial charge in [0.25, 0.3) is 5.91 Å². The van der Waals surface area contributed by atoms with Crippen molar-refractivity contribution in [2.45, 2.75) is 45.4 Å². The van der Waals surface area contributed by atoms with Gasteiger partial charge in [-0.2, -0.15) is 0 Å². The van der Waals surface area contributed by atoms with Crippen molar-refractivity contribution in [3.63, 3.8) is 0 Å². The molecule has 4 N–H and O–H groups in total. The number of rotatable bonds is 6. The molecule has 1 aromatic heterocycles. The van der Waals surface area contributed by atoms with Crippen LogP contribution in [0, 0.1) is 12.3 Å². The maximum absolute atomic E-state index is 12.5. The second-order valence-electron chi connectivity index (χ2n) is 7.45. The van der Waals surface area contributed by atoms with Gasteiger partial charge in [0.1, 0.15) is 0 Å². The van der Waals surface area contributed by atoms with Crippen molar-refractivity contribution in [2.24, 2.45) is 11.1 Å². The summed E-state index contributed by atoms with van der Waals surface area (Å²) in [7, 11) is 0. The number of hydrogen-bond donors (Lipinski definition) is 3. The van der Waals surface area contributed by atoms with E-state index in [1.807, 2.05) is 13.0 Å². The summed E-state index contributed by atoms with van der Waals surface area (Å²) >= 11 is 0. The largest absolute Gasteiger partial charge is 0.459 e. The van der Waals surface area contributed by atoms with Crippen LogP contribution in [-0.4, -0.2) is 18.4 Å². The third-order valence-corrected chi connectivity index (χ3v) is 5.39. The van der Waals surface area contributed by atoms with Gasteiger partial charge in [-0.25, -0.2) is 0 Å². The molecule has 0 aliphatic heterocycles. The number of hydrogen-bond acceptors (Lipinski definition) is 4. The van der Waals surface area contributed by atoms with Crippen LogP contribution in [0.15, 0.2) is 41.0 Å². The van der Waals surface area contributed by atoms with Gasteiger partial charge in [0.2, 0.25) is 5.91 Å². The molecule has 0 bridgehead atoms. The van der Waals surface area contributed by atoms with Crippen molar-refractivity contribution in [1.82, 2.24) is 0 Å². The highest BCUT2D eigenvalue weighted by molar-refractivity contribution is 6.03. The van der Waals surface area contributed by atoms with Gasteiger partial charge in [0.15, 0.2) is 5.76 Å². The smallest absolute Gasteiger partial charge is 0.291 e. The van der Waals surface area contributed by atoms with Crippen molar-refractivity contribution in [3.8, 4) is 0 Å². The van der Waals surface area contributed by atoms with Gasteiger partial charge in [-0.3, -0.25) is 9.59 Å². The third kappa shape index (κ3) is 4.77. The van der Waals surface area contributed by atoms with Gasteiger partial charge >= 0.3 is 0 Å². The monoisotopic (exact) mass is 369 g/mol. The summed E-state index contributed by atoms with van der Waals surface area (Å²) in [5.74, 6) is -0.0532. The Labute approximate surface area is 159 Å². The lowest BCUT2D eigenvalue weighted by molar-refractivity contribution is -0.118. The number of aryl methyl sites for hydroxylation is 1. The lowest BCUT2D eigenvalue weighted by atomic mass is 9.71. The minimum atomic E-state index is -0.304. The first-order chi connectivity index (χ1) is 13.0. The van der Waals surface area contributed by atoms with E-state index in [1.165, 1.54) is 12.7 Å². The molecular weight excluding hydrogens is 342 g/mol. The number of anilines is 2. The average molecular weight is 369 g/mol. The minimum absolute atomic E-state index is 0.00544. The summed E-state index contributed by atoms with van der Waals surface area (Å²) in [5.41, 5.74) is 8.18. The number of furan rings is 1. The van der Waals surface area contributed by atoms with Crippen LogP contribution < -0.4 is 16.4 Å². The lowest BCUT2D eigenvalue weighted by Crippen LogP contribution is -2.36. The van der Waals surface area contributed by atoms with Gasteiger partial charge in [0, 0.05) is 17.8 Å². The number of nitrogens with one attached hydrogen (secondary N) is 2. The van der Waals surface area contributed by atoms with Crippen LogP contribution in [0.3, 0.4) is 0 Å². The molecule has 2 amide bonds. The van der Waals surface area contributed by atoms with Gasteiger partial charge in [0.05, 0.1) is 6.26 Å². The van der Waals surface area contributed by atoms with Crippen molar-refractivity contribution >= 4 is 23.2 Å². The molecule has 144 valence electrons. The van der Waals surface area contributed by atoms with E-state index in [4.69, 9.17) is 10.2 Å². The Hall–Kier alpha value is -2.60. The second kappa shape index (κ2) is 8.39. The Morgan fingerprint density at radius 1 is 1.15 bits per heavy atom. The maximum atomic E-state index is 12.5. The van der Waals surface area contributed by atoms with Gasteiger partial charge in [-0.05, 0) is 67.6 Å². The summed E-state index contributed by atoms with van der Waals surface area (Å²) < 4.78 is 5.10. The molecule has 6 heteroatoms. The third-order valence-electron chi connectivity index (χ3n) is 5.39. The van der Waals surface area contributed by atoms with E-state index in [9.17, 15) is 9.59 Å². The summed E-state index contributed by atoms with van der Waals surface area (Å²) in [4.78, 5) is 24.6. The van der Waals surface area contributed by atoms with E-state index in [0.29, 0.717) is 18.7 Å².